The summed E-state index contributed by atoms with van der Waals surface area (Å²) in [6, 6.07) is 12.0. The molecule has 180 valence electrons. The number of carbonyl (C=O) groups excluding carboxylic acids is 1. The molecule has 0 unspecified atom stereocenters. The molecule has 0 radical (unpaired) electrons. The van der Waals surface area contributed by atoms with Crippen molar-refractivity contribution in [2.75, 3.05) is 39.2 Å². The minimum atomic E-state index is -0.766. The van der Waals surface area contributed by atoms with E-state index in [1.807, 2.05) is 38.4 Å². The first kappa shape index (κ1) is 25.4. The summed E-state index contributed by atoms with van der Waals surface area (Å²) in [6.45, 7) is 3.04. The molecule has 1 amide bonds. The van der Waals surface area contributed by atoms with Gasteiger partial charge in [-0.05, 0) is 64.3 Å². The lowest BCUT2D eigenvalue weighted by Gasteiger charge is -2.26. The fourth-order valence-corrected chi connectivity index (χ4v) is 3.93. The van der Waals surface area contributed by atoms with E-state index in [4.69, 9.17) is 32.1 Å². The number of hydrogen-bond acceptors (Lipinski definition) is 6. The number of methoxy groups -OCH3 is 1. The molecule has 8 nitrogen and oxygen atoms in total. The number of halogens is 1. The third kappa shape index (κ3) is 6.01. The number of nitrogens with zero attached hydrogens (tertiary/aromatic N) is 3. The normalized spacial score (nSPS) is 15.5. The Kier molecular flexibility index (Phi) is 8.41. The van der Waals surface area contributed by atoms with Crippen LogP contribution < -0.4 is 15.0 Å². The first-order valence-corrected chi connectivity index (χ1v) is 11.5. The standard InChI is InChI=1S/C25H31ClN6O2/c1-16(27)32-22-11-10-19(34-4)14-20(22)24(17-6-8-18(26)9-7-17)30-21(25(32)28)15-23(33)29-12-5-13-31(2)3/h6-11,14,21,27-28H,5,12-13,15H2,1-4H3,(H,29,33)/t21-/m0/s1. The number of anilines is 1. The van der Waals surface area contributed by atoms with Crippen LogP contribution in [0.25, 0.3) is 0 Å². The summed E-state index contributed by atoms with van der Waals surface area (Å²) >= 11 is 6.11. The van der Waals surface area contributed by atoms with E-state index in [0.717, 1.165) is 18.5 Å². The van der Waals surface area contributed by atoms with Crippen molar-refractivity contribution in [3.8, 4) is 5.75 Å². The van der Waals surface area contributed by atoms with Crippen molar-refractivity contribution >= 4 is 40.6 Å². The minimum absolute atomic E-state index is 0.00674. The lowest BCUT2D eigenvalue weighted by molar-refractivity contribution is -0.121. The van der Waals surface area contributed by atoms with Crippen LogP contribution in [-0.2, 0) is 4.79 Å². The Hall–Kier alpha value is -3.23. The Morgan fingerprint density at radius 3 is 2.56 bits per heavy atom. The third-order valence-electron chi connectivity index (χ3n) is 5.48. The van der Waals surface area contributed by atoms with E-state index in [-0.39, 0.29) is 24.0 Å². The van der Waals surface area contributed by atoms with Gasteiger partial charge < -0.3 is 15.0 Å². The van der Waals surface area contributed by atoms with Crippen LogP contribution in [0.15, 0.2) is 47.5 Å². The number of nitrogens with one attached hydrogen (secondary N) is 3. The first-order valence-electron chi connectivity index (χ1n) is 11.1. The molecule has 2 aromatic carbocycles. The molecule has 9 heteroatoms. The average molecular weight is 483 g/mol. The fourth-order valence-electron chi connectivity index (χ4n) is 3.80. The number of hydrogen-bond donors (Lipinski definition) is 3. The number of ether oxygens (including phenoxy) is 1. The molecule has 34 heavy (non-hydrogen) atoms. The van der Waals surface area contributed by atoms with Crippen LogP contribution in [0.3, 0.4) is 0 Å². The van der Waals surface area contributed by atoms with Gasteiger partial charge in [0.25, 0.3) is 0 Å². The van der Waals surface area contributed by atoms with Gasteiger partial charge in [0.05, 0.1) is 24.9 Å². The molecule has 1 aliphatic rings. The molecule has 0 spiro atoms. The third-order valence-corrected chi connectivity index (χ3v) is 5.73. The summed E-state index contributed by atoms with van der Waals surface area (Å²) in [4.78, 5) is 21.2. The van der Waals surface area contributed by atoms with E-state index < -0.39 is 6.04 Å². The second-order valence-electron chi connectivity index (χ2n) is 8.40. The van der Waals surface area contributed by atoms with Gasteiger partial charge in [-0.3, -0.25) is 25.5 Å². The van der Waals surface area contributed by atoms with Crippen LogP contribution in [0.2, 0.25) is 5.02 Å². The fraction of sp³-hybridized carbons (Fsp3) is 0.360. The highest BCUT2D eigenvalue weighted by molar-refractivity contribution is 6.31. The number of aliphatic imine (C=N–C) groups is 1. The number of benzene rings is 2. The van der Waals surface area contributed by atoms with Gasteiger partial charge in [-0.25, -0.2) is 0 Å². The molecule has 1 aliphatic heterocycles. The summed E-state index contributed by atoms with van der Waals surface area (Å²) in [7, 11) is 5.56. The number of amidine groups is 2. The van der Waals surface area contributed by atoms with Gasteiger partial charge in [0.2, 0.25) is 5.91 Å². The zero-order valence-corrected chi connectivity index (χ0v) is 20.7. The van der Waals surface area contributed by atoms with Gasteiger partial charge in [0.15, 0.2) is 0 Å². The molecule has 0 aliphatic carbocycles. The lowest BCUT2D eigenvalue weighted by Crippen LogP contribution is -2.42. The van der Waals surface area contributed by atoms with Crippen molar-refractivity contribution < 1.29 is 9.53 Å². The van der Waals surface area contributed by atoms with Crippen molar-refractivity contribution in [3.05, 3.63) is 58.6 Å². The molecular formula is C25H31ClN6O2. The molecule has 1 heterocycles. The van der Waals surface area contributed by atoms with Crippen LogP contribution >= 0.6 is 11.6 Å². The number of carbonyl (C=O) groups is 1. The van der Waals surface area contributed by atoms with Crippen molar-refractivity contribution in [3.63, 3.8) is 0 Å². The van der Waals surface area contributed by atoms with Crippen LogP contribution in [-0.4, -0.2) is 68.5 Å². The Bertz CT molecular complexity index is 1100. The zero-order chi connectivity index (χ0) is 24.8. The van der Waals surface area contributed by atoms with Crippen molar-refractivity contribution in [2.24, 2.45) is 4.99 Å². The topological polar surface area (TPSA) is 105 Å². The minimum Gasteiger partial charge on any atom is -0.497 e. The van der Waals surface area contributed by atoms with E-state index in [9.17, 15) is 4.79 Å². The Morgan fingerprint density at radius 2 is 1.94 bits per heavy atom. The van der Waals surface area contributed by atoms with E-state index in [0.29, 0.717) is 34.3 Å². The van der Waals surface area contributed by atoms with Crippen molar-refractivity contribution in [1.82, 2.24) is 10.2 Å². The van der Waals surface area contributed by atoms with Crippen LogP contribution in [0.5, 0.6) is 5.75 Å². The van der Waals surface area contributed by atoms with Crippen LogP contribution in [0.4, 0.5) is 5.69 Å². The maximum atomic E-state index is 12.8. The predicted molar refractivity (Wildman–Crippen MR) is 138 cm³/mol. The summed E-state index contributed by atoms with van der Waals surface area (Å²) in [6.07, 6.45) is 0.837. The summed E-state index contributed by atoms with van der Waals surface area (Å²) < 4.78 is 5.44. The van der Waals surface area contributed by atoms with E-state index in [1.54, 1.807) is 32.2 Å². The number of fused-ring (bicyclic) bond motifs is 1. The second kappa shape index (κ2) is 11.3. The SMILES string of the molecule is COc1ccc2c(c1)C(c1ccc(Cl)cc1)=N[C@@H](CC(=O)NCCCN(C)C)C(=N)N2C(C)=N. The summed E-state index contributed by atoms with van der Waals surface area (Å²) in [5.74, 6) is 0.692. The van der Waals surface area contributed by atoms with Gasteiger partial charge in [-0.1, -0.05) is 23.7 Å². The quantitative estimate of drug-likeness (QED) is 0.302. The Labute approximate surface area is 205 Å². The van der Waals surface area contributed by atoms with Gasteiger partial charge in [-0.15, -0.1) is 0 Å². The van der Waals surface area contributed by atoms with Gasteiger partial charge in [0, 0.05) is 22.7 Å². The van der Waals surface area contributed by atoms with E-state index in [1.165, 1.54) is 4.90 Å². The first-order chi connectivity index (χ1) is 16.2. The van der Waals surface area contributed by atoms with Crippen molar-refractivity contribution in [1.29, 1.82) is 10.8 Å². The largest absolute Gasteiger partial charge is 0.497 e. The molecule has 0 saturated heterocycles. The van der Waals surface area contributed by atoms with Gasteiger partial charge in [0.1, 0.15) is 23.5 Å². The molecule has 0 saturated carbocycles. The molecule has 0 aromatic heterocycles. The van der Waals surface area contributed by atoms with E-state index in [2.05, 4.69) is 10.2 Å². The predicted octanol–water partition coefficient (Wildman–Crippen LogP) is 3.81. The maximum Gasteiger partial charge on any atom is 0.222 e. The summed E-state index contributed by atoms with van der Waals surface area (Å²) in [5, 5.41) is 20.8. The number of rotatable bonds is 8. The smallest absolute Gasteiger partial charge is 0.222 e. The Balaban J connectivity index is 2.03. The molecule has 1 atom stereocenters. The van der Waals surface area contributed by atoms with E-state index >= 15 is 0 Å². The number of benzodiazepines with no additional fused rings is 1. The molecule has 3 N–H and O–H groups in total. The van der Waals surface area contributed by atoms with Gasteiger partial charge >= 0.3 is 0 Å². The molecular weight excluding hydrogens is 452 g/mol. The Morgan fingerprint density at radius 1 is 1.24 bits per heavy atom. The summed E-state index contributed by atoms with van der Waals surface area (Å²) in [5.41, 5.74) is 2.77. The molecule has 2 aromatic rings. The molecule has 3 rings (SSSR count). The average Bonchev–Trinajstić information content (AvgIpc) is 2.91. The lowest BCUT2D eigenvalue weighted by atomic mass is 9.99. The van der Waals surface area contributed by atoms with Gasteiger partial charge in [-0.2, -0.15) is 0 Å². The molecule has 0 fully saturated rings. The zero-order valence-electron chi connectivity index (χ0n) is 20.0. The molecule has 0 bridgehead atoms. The van der Waals surface area contributed by atoms with Crippen LogP contribution in [0, 0.1) is 10.8 Å². The monoisotopic (exact) mass is 482 g/mol. The van der Waals surface area contributed by atoms with Crippen molar-refractivity contribution in [2.45, 2.75) is 25.8 Å². The second-order valence-corrected chi connectivity index (χ2v) is 8.84. The highest BCUT2D eigenvalue weighted by atomic mass is 35.5. The highest BCUT2D eigenvalue weighted by Crippen LogP contribution is 2.33. The maximum absolute atomic E-state index is 12.8. The van der Waals surface area contributed by atoms with Crippen LogP contribution in [0.1, 0.15) is 30.9 Å². The number of amides is 1. The highest BCUT2D eigenvalue weighted by Gasteiger charge is 2.32.